The predicted molar refractivity (Wildman–Crippen MR) is 73.7 cm³/mol. The highest BCUT2D eigenvalue weighted by Gasteiger charge is 2.37. The van der Waals surface area contributed by atoms with Crippen molar-refractivity contribution in [2.75, 3.05) is 6.26 Å². The van der Waals surface area contributed by atoms with Crippen LogP contribution in [0.25, 0.3) is 4.96 Å². The van der Waals surface area contributed by atoms with Gasteiger partial charge < -0.3 is 5.73 Å². The average molecular weight is 287 g/mol. The Morgan fingerprint density at radius 2 is 2.22 bits per heavy atom. The monoisotopic (exact) mass is 287 g/mol. The van der Waals surface area contributed by atoms with E-state index in [0.717, 1.165) is 10.7 Å². The lowest BCUT2D eigenvalue weighted by atomic mass is 10.00. The Kier molecular flexibility index (Phi) is 3.25. The van der Waals surface area contributed by atoms with Gasteiger partial charge in [0.25, 0.3) is 0 Å². The zero-order valence-electron chi connectivity index (χ0n) is 10.6. The number of aromatic nitrogens is 2. The molecule has 1 unspecified atom stereocenters. The maximum Gasteiger partial charge on any atom is 0.193 e. The number of thiazole rings is 1. The van der Waals surface area contributed by atoms with Crippen LogP contribution in [0.1, 0.15) is 19.5 Å². The van der Waals surface area contributed by atoms with E-state index in [-0.39, 0.29) is 0 Å². The van der Waals surface area contributed by atoms with E-state index in [1.807, 2.05) is 22.2 Å². The Hall–Kier alpha value is -0.920. The van der Waals surface area contributed by atoms with Crippen molar-refractivity contribution >= 4 is 26.1 Å². The van der Waals surface area contributed by atoms with Crippen molar-refractivity contribution in [2.24, 2.45) is 5.73 Å². The second-order valence-electron chi connectivity index (χ2n) is 5.01. The van der Waals surface area contributed by atoms with E-state index in [1.165, 1.54) is 6.26 Å². The second-order valence-corrected chi connectivity index (χ2v) is 8.48. The highest BCUT2D eigenvalue weighted by molar-refractivity contribution is 7.92. The van der Waals surface area contributed by atoms with E-state index < -0.39 is 20.6 Å². The number of nitrogens with two attached hydrogens (primary N) is 1. The van der Waals surface area contributed by atoms with Gasteiger partial charge in [-0.05, 0) is 13.8 Å². The quantitative estimate of drug-likeness (QED) is 0.913. The van der Waals surface area contributed by atoms with Gasteiger partial charge >= 0.3 is 0 Å². The summed E-state index contributed by atoms with van der Waals surface area (Å²) in [4.78, 5) is 5.31. The SMILES string of the molecule is CC(C)(C(N)Cc1cn2ccsc2n1)S(C)(=O)=O. The highest BCUT2D eigenvalue weighted by Crippen LogP contribution is 2.22. The molecule has 5 nitrogen and oxygen atoms in total. The first-order valence-corrected chi connectivity index (χ1v) is 8.35. The Balaban J connectivity index is 2.21. The molecule has 0 aliphatic heterocycles. The van der Waals surface area contributed by atoms with Crippen LogP contribution in [0.3, 0.4) is 0 Å². The highest BCUT2D eigenvalue weighted by atomic mass is 32.2. The van der Waals surface area contributed by atoms with E-state index in [1.54, 1.807) is 25.2 Å². The molecule has 0 saturated carbocycles. The molecule has 7 heteroatoms. The van der Waals surface area contributed by atoms with Crippen LogP contribution >= 0.6 is 11.3 Å². The molecule has 2 heterocycles. The van der Waals surface area contributed by atoms with Crippen molar-refractivity contribution in [3.8, 4) is 0 Å². The van der Waals surface area contributed by atoms with Crippen molar-refractivity contribution in [3.05, 3.63) is 23.5 Å². The summed E-state index contributed by atoms with van der Waals surface area (Å²) in [6.45, 7) is 3.32. The fraction of sp³-hybridized carbons (Fsp3) is 0.545. The number of hydrogen-bond donors (Lipinski definition) is 1. The van der Waals surface area contributed by atoms with Crippen LogP contribution < -0.4 is 5.73 Å². The van der Waals surface area contributed by atoms with Gasteiger partial charge in [-0.2, -0.15) is 0 Å². The van der Waals surface area contributed by atoms with Crippen LogP contribution in [0.2, 0.25) is 0 Å². The number of nitrogens with zero attached hydrogens (tertiary/aromatic N) is 2. The summed E-state index contributed by atoms with van der Waals surface area (Å²) in [5, 5.41) is 1.95. The molecule has 2 aromatic heterocycles. The lowest BCUT2D eigenvalue weighted by Gasteiger charge is -2.29. The maximum atomic E-state index is 11.7. The number of imidazole rings is 1. The molecule has 1 atom stereocenters. The molecule has 0 bridgehead atoms. The smallest absolute Gasteiger partial charge is 0.193 e. The lowest BCUT2D eigenvalue weighted by Crippen LogP contribution is -2.50. The first-order chi connectivity index (χ1) is 8.22. The van der Waals surface area contributed by atoms with E-state index in [4.69, 9.17) is 5.73 Å². The molecule has 0 spiro atoms. The summed E-state index contributed by atoms with van der Waals surface area (Å²) in [5.74, 6) is 0. The van der Waals surface area contributed by atoms with Gasteiger partial charge in [0.1, 0.15) is 0 Å². The average Bonchev–Trinajstić information content (AvgIpc) is 2.75. The first kappa shape index (κ1) is 13.5. The van der Waals surface area contributed by atoms with Crippen molar-refractivity contribution in [1.82, 2.24) is 9.38 Å². The normalized spacial score (nSPS) is 15.1. The van der Waals surface area contributed by atoms with Crippen LogP contribution in [0.4, 0.5) is 0 Å². The molecule has 0 aliphatic carbocycles. The zero-order valence-corrected chi connectivity index (χ0v) is 12.3. The summed E-state index contributed by atoms with van der Waals surface area (Å²) in [7, 11) is -3.20. The minimum Gasteiger partial charge on any atom is -0.326 e. The molecule has 100 valence electrons. The summed E-state index contributed by atoms with van der Waals surface area (Å²) >= 11 is 1.54. The summed E-state index contributed by atoms with van der Waals surface area (Å²) in [6.07, 6.45) is 5.49. The van der Waals surface area contributed by atoms with Gasteiger partial charge in [-0.15, -0.1) is 11.3 Å². The molecule has 0 aliphatic rings. The third-order valence-electron chi connectivity index (χ3n) is 3.42. The zero-order chi connectivity index (χ0) is 13.6. The fourth-order valence-corrected chi connectivity index (χ4v) is 2.97. The molecule has 0 fully saturated rings. The number of hydrogen-bond acceptors (Lipinski definition) is 5. The van der Waals surface area contributed by atoms with Gasteiger partial charge in [0, 0.05) is 36.5 Å². The van der Waals surface area contributed by atoms with E-state index >= 15 is 0 Å². The number of rotatable bonds is 4. The minimum absolute atomic E-state index is 0.453. The number of sulfone groups is 1. The summed E-state index contributed by atoms with van der Waals surface area (Å²) in [6, 6.07) is -0.475. The molecule has 2 aromatic rings. The van der Waals surface area contributed by atoms with Crippen LogP contribution in [0.5, 0.6) is 0 Å². The Morgan fingerprint density at radius 1 is 1.56 bits per heavy atom. The van der Waals surface area contributed by atoms with Crippen LogP contribution in [-0.2, 0) is 16.3 Å². The molecule has 0 amide bonds. The molecule has 2 rings (SSSR count). The molecule has 0 saturated heterocycles. The Bertz CT molecular complexity index is 626. The molecule has 18 heavy (non-hydrogen) atoms. The predicted octanol–water partition coefficient (Wildman–Crippen LogP) is 1.09. The van der Waals surface area contributed by atoms with Gasteiger partial charge in [-0.3, -0.25) is 4.40 Å². The van der Waals surface area contributed by atoms with E-state index in [2.05, 4.69) is 4.98 Å². The van der Waals surface area contributed by atoms with Gasteiger partial charge in [-0.1, -0.05) is 0 Å². The molecule has 0 radical (unpaired) electrons. The molecular weight excluding hydrogens is 270 g/mol. The van der Waals surface area contributed by atoms with E-state index in [0.29, 0.717) is 6.42 Å². The van der Waals surface area contributed by atoms with Crippen LogP contribution in [0, 0.1) is 0 Å². The van der Waals surface area contributed by atoms with Crippen molar-refractivity contribution in [3.63, 3.8) is 0 Å². The van der Waals surface area contributed by atoms with Crippen LogP contribution in [-0.4, -0.2) is 34.8 Å². The molecular formula is C11H17N3O2S2. The lowest BCUT2D eigenvalue weighted by molar-refractivity contribution is 0.480. The van der Waals surface area contributed by atoms with Crippen molar-refractivity contribution in [2.45, 2.75) is 31.1 Å². The van der Waals surface area contributed by atoms with Gasteiger partial charge in [0.15, 0.2) is 14.8 Å². The van der Waals surface area contributed by atoms with Crippen LogP contribution in [0.15, 0.2) is 17.8 Å². The summed E-state index contributed by atoms with van der Waals surface area (Å²) in [5.41, 5.74) is 6.86. The second kappa shape index (κ2) is 4.32. The molecule has 0 aromatic carbocycles. The third kappa shape index (κ3) is 2.30. The largest absolute Gasteiger partial charge is 0.326 e. The fourth-order valence-electron chi connectivity index (χ4n) is 1.62. The van der Waals surface area contributed by atoms with Crippen molar-refractivity contribution < 1.29 is 8.42 Å². The van der Waals surface area contributed by atoms with Gasteiger partial charge in [0.2, 0.25) is 0 Å². The maximum absolute atomic E-state index is 11.7. The molecule has 2 N–H and O–H groups in total. The third-order valence-corrected chi connectivity index (χ3v) is 6.41. The van der Waals surface area contributed by atoms with E-state index in [9.17, 15) is 8.42 Å². The Labute approximate surface area is 111 Å². The standard InChI is InChI=1S/C11H17N3O2S2/c1-11(2,18(3,15)16)9(12)6-8-7-14-4-5-17-10(14)13-8/h4-5,7,9H,6,12H2,1-3H3. The number of fused-ring (bicyclic) bond motifs is 1. The topological polar surface area (TPSA) is 77.5 Å². The first-order valence-electron chi connectivity index (χ1n) is 5.58. The minimum atomic E-state index is -3.20. The van der Waals surface area contributed by atoms with Gasteiger partial charge in [0.05, 0.1) is 10.4 Å². The van der Waals surface area contributed by atoms with Gasteiger partial charge in [-0.25, -0.2) is 13.4 Å². The Morgan fingerprint density at radius 3 is 2.78 bits per heavy atom. The van der Waals surface area contributed by atoms with Crippen molar-refractivity contribution in [1.29, 1.82) is 0 Å². The summed E-state index contributed by atoms with van der Waals surface area (Å²) < 4.78 is 24.4.